The maximum Gasteiger partial charge on any atom is 0.251 e. The molecule has 1 fully saturated rings. The fraction of sp³-hybridized carbons (Fsp3) is 0.462. The smallest absolute Gasteiger partial charge is 0.251 e. The molecule has 0 radical (unpaired) electrons. The van der Waals surface area contributed by atoms with Crippen molar-refractivity contribution in [1.82, 2.24) is 10.2 Å². The zero-order valence-corrected chi connectivity index (χ0v) is 9.79. The first-order valence-electron chi connectivity index (χ1n) is 6.02. The van der Waals surface area contributed by atoms with Gasteiger partial charge in [0.1, 0.15) is 5.82 Å². The molecule has 0 saturated carbocycles. The van der Waals surface area contributed by atoms with Crippen molar-refractivity contribution in [1.29, 1.82) is 0 Å². The van der Waals surface area contributed by atoms with Crippen LogP contribution in [0.1, 0.15) is 23.2 Å². The first kappa shape index (κ1) is 12.0. The van der Waals surface area contributed by atoms with Gasteiger partial charge in [-0.2, -0.15) is 0 Å². The molecule has 0 aliphatic carbocycles. The van der Waals surface area contributed by atoms with Crippen molar-refractivity contribution >= 4 is 5.91 Å². The summed E-state index contributed by atoms with van der Waals surface area (Å²) >= 11 is 0. The lowest BCUT2D eigenvalue weighted by atomic mass is 10.2. The Hall–Kier alpha value is -1.42. The van der Waals surface area contributed by atoms with E-state index in [9.17, 15) is 9.18 Å². The normalized spacial score (nSPS) is 16.1. The summed E-state index contributed by atoms with van der Waals surface area (Å²) in [4.78, 5) is 14.0. The predicted molar refractivity (Wildman–Crippen MR) is 64.4 cm³/mol. The van der Waals surface area contributed by atoms with Gasteiger partial charge in [0.2, 0.25) is 0 Å². The number of amides is 1. The third kappa shape index (κ3) is 3.53. The molecule has 92 valence electrons. The molecular formula is C13H17FN2O. The largest absolute Gasteiger partial charge is 0.351 e. The molecule has 4 heteroatoms. The third-order valence-electron chi connectivity index (χ3n) is 3.02. The minimum absolute atomic E-state index is 0.135. The highest BCUT2D eigenvalue weighted by atomic mass is 19.1. The lowest BCUT2D eigenvalue weighted by molar-refractivity contribution is 0.0949. The highest BCUT2D eigenvalue weighted by molar-refractivity contribution is 5.94. The van der Waals surface area contributed by atoms with Gasteiger partial charge in [0.25, 0.3) is 5.91 Å². The van der Waals surface area contributed by atoms with Crippen LogP contribution in [0.15, 0.2) is 24.3 Å². The van der Waals surface area contributed by atoms with Crippen LogP contribution >= 0.6 is 0 Å². The molecule has 3 nitrogen and oxygen atoms in total. The molecule has 1 N–H and O–H groups in total. The van der Waals surface area contributed by atoms with Crippen LogP contribution < -0.4 is 5.32 Å². The van der Waals surface area contributed by atoms with Crippen molar-refractivity contribution < 1.29 is 9.18 Å². The Morgan fingerprint density at radius 3 is 2.53 bits per heavy atom. The predicted octanol–water partition coefficient (Wildman–Crippen LogP) is 1.65. The van der Waals surface area contributed by atoms with E-state index >= 15 is 0 Å². The fourth-order valence-electron chi connectivity index (χ4n) is 2.04. The summed E-state index contributed by atoms with van der Waals surface area (Å²) in [5.41, 5.74) is 0.507. The van der Waals surface area contributed by atoms with E-state index in [0.29, 0.717) is 12.1 Å². The van der Waals surface area contributed by atoms with Gasteiger partial charge in [-0.05, 0) is 50.2 Å². The Morgan fingerprint density at radius 1 is 1.24 bits per heavy atom. The molecule has 0 atom stereocenters. The van der Waals surface area contributed by atoms with Gasteiger partial charge in [-0.25, -0.2) is 4.39 Å². The van der Waals surface area contributed by atoms with Gasteiger partial charge < -0.3 is 10.2 Å². The number of rotatable bonds is 4. The Kier molecular flexibility index (Phi) is 4.09. The molecule has 0 unspecified atom stereocenters. The molecule has 1 aliphatic heterocycles. The second-order valence-corrected chi connectivity index (χ2v) is 4.31. The number of benzene rings is 1. The summed E-state index contributed by atoms with van der Waals surface area (Å²) in [5.74, 6) is -0.456. The van der Waals surface area contributed by atoms with Crippen molar-refractivity contribution in [3.05, 3.63) is 35.6 Å². The maximum atomic E-state index is 12.7. The topological polar surface area (TPSA) is 32.3 Å². The van der Waals surface area contributed by atoms with Crippen LogP contribution in [-0.4, -0.2) is 37.0 Å². The van der Waals surface area contributed by atoms with Gasteiger partial charge in [-0.3, -0.25) is 4.79 Å². The molecule has 1 heterocycles. The van der Waals surface area contributed by atoms with E-state index < -0.39 is 0 Å². The number of carbonyl (C=O) groups is 1. The lowest BCUT2D eigenvalue weighted by Crippen LogP contribution is -2.33. The van der Waals surface area contributed by atoms with E-state index in [-0.39, 0.29) is 11.7 Å². The first-order valence-corrected chi connectivity index (χ1v) is 6.02. The van der Waals surface area contributed by atoms with E-state index in [1.165, 1.54) is 37.1 Å². The van der Waals surface area contributed by atoms with Gasteiger partial charge in [-0.1, -0.05) is 0 Å². The minimum atomic E-state index is -0.321. The quantitative estimate of drug-likeness (QED) is 0.862. The van der Waals surface area contributed by atoms with Crippen LogP contribution in [0, 0.1) is 5.82 Å². The van der Waals surface area contributed by atoms with Gasteiger partial charge in [0.15, 0.2) is 0 Å². The summed E-state index contributed by atoms with van der Waals surface area (Å²) in [6.45, 7) is 3.81. The zero-order chi connectivity index (χ0) is 12.1. The third-order valence-corrected chi connectivity index (χ3v) is 3.02. The summed E-state index contributed by atoms with van der Waals surface area (Å²) in [5, 5.41) is 2.84. The summed E-state index contributed by atoms with van der Waals surface area (Å²) in [7, 11) is 0. The number of likely N-dealkylation sites (tertiary alicyclic amines) is 1. The monoisotopic (exact) mass is 236 g/mol. The van der Waals surface area contributed by atoms with Gasteiger partial charge in [0, 0.05) is 18.7 Å². The summed E-state index contributed by atoms with van der Waals surface area (Å²) in [6, 6.07) is 5.60. The fourth-order valence-corrected chi connectivity index (χ4v) is 2.04. The lowest BCUT2D eigenvalue weighted by Gasteiger charge is -2.14. The second kappa shape index (κ2) is 5.77. The highest BCUT2D eigenvalue weighted by Gasteiger charge is 2.11. The maximum absolute atomic E-state index is 12.7. The summed E-state index contributed by atoms with van der Waals surface area (Å²) < 4.78 is 12.7. The Labute approximate surface area is 101 Å². The molecular weight excluding hydrogens is 219 g/mol. The standard InChI is InChI=1S/C13H17FN2O/c14-12-5-3-11(4-6-12)13(17)15-7-10-16-8-1-2-9-16/h3-6H,1-2,7-10H2,(H,15,17). The molecule has 0 aromatic heterocycles. The van der Waals surface area contributed by atoms with E-state index in [4.69, 9.17) is 0 Å². The molecule has 1 aromatic rings. The Bertz CT molecular complexity index is 372. The SMILES string of the molecule is O=C(NCCN1CCCC1)c1ccc(F)cc1. The van der Waals surface area contributed by atoms with Crippen molar-refractivity contribution in [3.63, 3.8) is 0 Å². The average Bonchev–Trinajstić information content (AvgIpc) is 2.83. The Balaban J connectivity index is 1.75. The zero-order valence-electron chi connectivity index (χ0n) is 9.79. The van der Waals surface area contributed by atoms with Crippen molar-refractivity contribution in [2.45, 2.75) is 12.8 Å². The van der Waals surface area contributed by atoms with Gasteiger partial charge in [-0.15, -0.1) is 0 Å². The van der Waals surface area contributed by atoms with E-state index in [2.05, 4.69) is 10.2 Å². The molecule has 1 aromatic carbocycles. The van der Waals surface area contributed by atoms with E-state index in [0.717, 1.165) is 19.6 Å². The van der Waals surface area contributed by atoms with E-state index in [1.54, 1.807) is 0 Å². The number of hydrogen-bond acceptors (Lipinski definition) is 2. The van der Waals surface area contributed by atoms with Gasteiger partial charge >= 0.3 is 0 Å². The number of halogens is 1. The van der Waals surface area contributed by atoms with Crippen LogP contribution in [0.3, 0.4) is 0 Å². The Morgan fingerprint density at radius 2 is 1.88 bits per heavy atom. The number of nitrogens with zero attached hydrogens (tertiary/aromatic N) is 1. The molecule has 1 saturated heterocycles. The van der Waals surface area contributed by atoms with Crippen molar-refractivity contribution in [2.24, 2.45) is 0 Å². The second-order valence-electron chi connectivity index (χ2n) is 4.31. The molecule has 17 heavy (non-hydrogen) atoms. The molecule has 0 spiro atoms. The average molecular weight is 236 g/mol. The van der Waals surface area contributed by atoms with Crippen molar-refractivity contribution in [2.75, 3.05) is 26.2 Å². The van der Waals surface area contributed by atoms with Gasteiger partial charge in [0.05, 0.1) is 0 Å². The van der Waals surface area contributed by atoms with Crippen LogP contribution in [-0.2, 0) is 0 Å². The van der Waals surface area contributed by atoms with Crippen molar-refractivity contribution in [3.8, 4) is 0 Å². The molecule has 1 aliphatic rings. The number of carbonyl (C=O) groups excluding carboxylic acids is 1. The van der Waals surface area contributed by atoms with Crippen LogP contribution in [0.2, 0.25) is 0 Å². The summed E-state index contributed by atoms with van der Waals surface area (Å²) in [6.07, 6.45) is 2.51. The molecule has 0 bridgehead atoms. The van der Waals surface area contributed by atoms with Crippen LogP contribution in [0.25, 0.3) is 0 Å². The molecule has 2 rings (SSSR count). The minimum Gasteiger partial charge on any atom is -0.351 e. The molecule has 1 amide bonds. The van der Waals surface area contributed by atoms with Crippen LogP contribution in [0.5, 0.6) is 0 Å². The number of hydrogen-bond donors (Lipinski definition) is 1. The van der Waals surface area contributed by atoms with Crippen LogP contribution in [0.4, 0.5) is 4.39 Å². The highest BCUT2D eigenvalue weighted by Crippen LogP contribution is 2.06. The number of nitrogens with one attached hydrogen (secondary N) is 1. The first-order chi connectivity index (χ1) is 8.25. The van der Waals surface area contributed by atoms with E-state index in [1.807, 2.05) is 0 Å².